The lowest BCUT2D eigenvalue weighted by molar-refractivity contribution is 0.312. The number of hydrogen-bond donors (Lipinski definition) is 0. The van der Waals surface area contributed by atoms with Crippen LogP contribution in [0.25, 0.3) is 11.0 Å². The summed E-state index contributed by atoms with van der Waals surface area (Å²) in [6, 6.07) is 3.97. The molecular formula is C12H15N3O. The van der Waals surface area contributed by atoms with Crippen molar-refractivity contribution in [3.05, 3.63) is 24.6 Å². The van der Waals surface area contributed by atoms with E-state index in [0.717, 1.165) is 43.0 Å². The van der Waals surface area contributed by atoms with Crippen LogP contribution in [0.4, 0.5) is 5.82 Å². The summed E-state index contributed by atoms with van der Waals surface area (Å²) in [5.74, 6) is 0.982. The third-order valence-electron chi connectivity index (χ3n) is 3.15. The lowest BCUT2D eigenvalue weighted by Gasteiger charge is -2.33. The fourth-order valence-corrected chi connectivity index (χ4v) is 2.12. The Morgan fingerprint density at radius 3 is 2.81 bits per heavy atom. The zero-order chi connectivity index (χ0) is 11.0. The summed E-state index contributed by atoms with van der Waals surface area (Å²) in [6.45, 7) is 4.20. The summed E-state index contributed by atoms with van der Waals surface area (Å²) in [7, 11) is 2.15. The van der Waals surface area contributed by atoms with E-state index in [1.165, 1.54) is 0 Å². The molecule has 0 spiro atoms. The molecule has 0 unspecified atom stereocenters. The van der Waals surface area contributed by atoms with Crippen molar-refractivity contribution >= 4 is 16.8 Å². The van der Waals surface area contributed by atoms with Crippen LogP contribution < -0.4 is 4.90 Å². The van der Waals surface area contributed by atoms with E-state index in [4.69, 9.17) is 4.42 Å². The molecule has 0 saturated carbocycles. The Morgan fingerprint density at radius 1 is 1.19 bits per heavy atom. The zero-order valence-electron chi connectivity index (χ0n) is 9.39. The molecule has 0 radical (unpaired) electrons. The van der Waals surface area contributed by atoms with E-state index < -0.39 is 0 Å². The van der Waals surface area contributed by atoms with Gasteiger partial charge < -0.3 is 14.2 Å². The minimum absolute atomic E-state index is 0.909. The molecule has 1 fully saturated rings. The number of fused-ring (bicyclic) bond motifs is 1. The monoisotopic (exact) mass is 217 g/mol. The fourth-order valence-electron chi connectivity index (χ4n) is 2.12. The molecule has 0 N–H and O–H groups in total. The number of piperazine rings is 1. The number of hydrogen-bond acceptors (Lipinski definition) is 4. The molecular weight excluding hydrogens is 202 g/mol. The highest BCUT2D eigenvalue weighted by molar-refractivity contribution is 5.86. The van der Waals surface area contributed by atoms with Gasteiger partial charge in [0.1, 0.15) is 0 Å². The molecule has 0 amide bonds. The van der Waals surface area contributed by atoms with Crippen LogP contribution in [0.1, 0.15) is 0 Å². The molecule has 4 nitrogen and oxygen atoms in total. The van der Waals surface area contributed by atoms with Gasteiger partial charge in [0.2, 0.25) is 0 Å². The first-order chi connectivity index (χ1) is 7.84. The second-order valence-electron chi connectivity index (χ2n) is 4.26. The standard InChI is InChI=1S/C12H15N3O/c1-14-5-7-15(8-6-14)12-11-10(2-4-13-12)3-9-16-11/h2-4,9H,5-8H2,1H3. The van der Waals surface area contributed by atoms with Gasteiger partial charge in [-0.05, 0) is 19.2 Å². The third-order valence-corrected chi connectivity index (χ3v) is 3.15. The summed E-state index contributed by atoms with van der Waals surface area (Å²) in [6.07, 6.45) is 3.58. The third kappa shape index (κ3) is 1.55. The average molecular weight is 217 g/mol. The molecule has 0 aliphatic carbocycles. The van der Waals surface area contributed by atoms with E-state index in [-0.39, 0.29) is 0 Å². The minimum Gasteiger partial charge on any atom is -0.460 e. The minimum atomic E-state index is 0.909. The molecule has 0 atom stereocenters. The number of likely N-dealkylation sites (N-methyl/N-ethyl adjacent to an activating group) is 1. The first kappa shape index (κ1) is 9.66. The first-order valence-corrected chi connectivity index (χ1v) is 5.60. The quantitative estimate of drug-likeness (QED) is 0.726. The lowest BCUT2D eigenvalue weighted by Crippen LogP contribution is -2.44. The van der Waals surface area contributed by atoms with E-state index in [2.05, 4.69) is 21.8 Å². The van der Waals surface area contributed by atoms with Gasteiger partial charge in [0.05, 0.1) is 6.26 Å². The van der Waals surface area contributed by atoms with E-state index in [9.17, 15) is 0 Å². The van der Waals surface area contributed by atoms with Gasteiger partial charge in [0, 0.05) is 37.8 Å². The Morgan fingerprint density at radius 2 is 2.00 bits per heavy atom. The van der Waals surface area contributed by atoms with Gasteiger partial charge >= 0.3 is 0 Å². The van der Waals surface area contributed by atoms with Crippen LogP contribution in [-0.4, -0.2) is 43.1 Å². The molecule has 16 heavy (non-hydrogen) atoms. The van der Waals surface area contributed by atoms with Crippen LogP contribution >= 0.6 is 0 Å². The highest BCUT2D eigenvalue weighted by atomic mass is 16.3. The van der Waals surface area contributed by atoms with Crippen molar-refractivity contribution in [3.8, 4) is 0 Å². The summed E-state index contributed by atoms with van der Waals surface area (Å²) < 4.78 is 5.51. The maximum atomic E-state index is 5.51. The molecule has 3 rings (SSSR count). The van der Waals surface area contributed by atoms with Crippen LogP contribution in [0.5, 0.6) is 0 Å². The number of nitrogens with zero attached hydrogens (tertiary/aromatic N) is 3. The van der Waals surface area contributed by atoms with Gasteiger partial charge in [-0.3, -0.25) is 0 Å². The topological polar surface area (TPSA) is 32.5 Å². The fraction of sp³-hybridized carbons (Fsp3) is 0.417. The van der Waals surface area contributed by atoms with Crippen molar-refractivity contribution in [2.24, 2.45) is 0 Å². The molecule has 1 saturated heterocycles. The first-order valence-electron chi connectivity index (χ1n) is 5.60. The normalized spacial score (nSPS) is 18.2. The number of anilines is 1. The van der Waals surface area contributed by atoms with Crippen molar-refractivity contribution in [1.82, 2.24) is 9.88 Å². The van der Waals surface area contributed by atoms with Gasteiger partial charge in [-0.1, -0.05) is 0 Å². The Bertz CT molecular complexity index is 486. The van der Waals surface area contributed by atoms with Crippen LogP contribution in [0, 0.1) is 0 Å². The molecule has 0 aromatic carbocycles. The second kappa shape index (κ2) is 3.79. The van der Waals surface area contributed by atoms with Crippen LogP contribution in [0.2, 0.25) is 0 Å². The Labute approximate surface area is 94.5 Å². The maximum absolute atomic E-state index is 5.51. The van der Waals surface area contributed by atoms with Gasteiger partial charge in [-0.25, -0.2) is 4.98 Å². The summed E-state index contributed by atoms with van der Waals surface area (Å²) in [5.41, 5.74) is 0.909. The SMILES string of the molecule is CN1CCN(c2nccc3ccoc23)CC1. The van der Waals surface area contributed by atoms with Crippen LogP contribution in [-0.2, 0) is 0 Å². The van der Waals surface area contributed by atoms with E-state index in [1.54, 1.807) is 6.26 Å². The van der Waals surface area contributed by atoms with Crippen molar-refractivity contribution in [2.75, 3.05) is 38.1 Å². The van der Waals surface area contributed by atoms with Gasteiger partial charge in [0.25, 0.3) is 0 Å². The maximum Gasteiger partial charge on any atom is 0.176 e. The van der Waals surface area contributed by atoms with Gasteiger partial charge in [-0.2, -0.15) is 0 Å². The van der Waals surface area contributed by atoms with Crippen molar-refractivity contribution in [1.29, 1.82) is 0 Å². The number of aromatic nitrogens is 1. The smallest absolute Gasteiger partial charge is 0.176 e. The van der Waals surface area contributed by atoms with E-state index >= 15 is 0 Å². The van der Waals surface area contributed by atoms with Crippen LogP contribution in [0.15, 0.2) is 29.0 Å². The Hall–Kier alpha value is -1.55. The van der Waals surface area contributed by atoms with E-state index in [1.807, 2.05) is 18.3 Å². The Balaban J connectivity index is 1.96. The molecule has 3 heterocycles. The van der Waals surface area contributed by atoms with Crippen molar-refractivity contribution < 1.29 is 4.42 Å². The Kier molecular flexibility index (Phi) is 2.29. The number of furan rings is 1. The molecule has 2 aromatic rings. The predicted molar refractivity (Wildman–Crippen MR) is 63.7 cm³/mol. The predicted octanol–water partition coefficient (Wildman–Crippen LogP) is 1.58. The highest BCUT2D eigenvalue weighted by Gasteiger charge is 2.18. The lowest BCUT2D eigenvalue weighted by atomic mass is 10.2. The number of rotatable bonds is 1. The van der Waals surface area contributed by atoms with Crippen LogP contribution in [0.3, 0.4) is 0 Å². The molecule has 2 aromatic heterocycles. The summed E-state index contributed by atoms with van der Waals surface area (Å²) >= 11 is 0. The van der Waals surface area contributed by atoms with Gasteiger partial charge in [-0.15, -0.1) is 0 Å². The average Bonchev–Trinajstić information content (AvgIpc) is 2.78. The summed E-state index contributed by atoms with van der Waals surface area (Å²) in [5, 5.41) is 1.13. The van der Waals surface area contributed by atoms with E-state index in [0.29, 0.717) is 0 Å². The largest absolute Gasteiger partial charge is 0.460 e. The molecule has 4 heteroatoms. The number of pyridine rings is 1. The van der Waals surface area contributed by atoms with Crippen molar-refractivity contribution in [2.45, 2.75) is 0 Å². The molecule has 0 bridgehead atoms. The molecule has 1 aliphatic heterocycles. The molecule has 84 valence electrons. The van der Waals surface area contributed by atoms with Crippen molar-refractivity contribution in [3.63, 3.8) is 0 Å². The molecule has 1 aliphatic rings. The summed E-state index contributed by atoms with van der Waals surface area (Å²) in [4.78, 5) is 9.07. The second-order valence-corrected chi connectivity index (χ2v) is 4.26. The van der Waals surface area contributed by atoms with Gasteiger partial charge in [0.15, 0.2) is 11.4 Å². The zero-order valence-corrected chi connectivity index (χ0v) is 9.39. The highest BCUT2D eigenvalue weighted by Crippen LogP contribution is 2.25.